The average Bonchev–Trinajstić information content (AvgIpc) is 3.06. The number of carbonyl (C=O) groups excluding carboxylic acids is 1. The summed E-state index contributed by atoms with van der Waals surface area (Å²) in [4.78, 5) is 18.9. The van der Waals surface area contributed by atoms with E-state index in [0.29, 0.717) is 16.1 Å². The van der Waals surface area contributed by atoms with Gasteiger partial charge in [0.1, 0.15) is 11.6 Å². The molecular weight excluding hydrogens is 364 g/mol. The zero-order valence-corrected chi connectivity index (χ0v) is 15.1. The summed E-state index contributed by atoms with van der Waals surface area (Å²) in [5.74, 6) is -0.561. The van der Waals surface area contributed by atoms with E-state index in [1.165, 1.54) is 6.92 Å². The van der Waals surface area contributed by atoms with Gasteiger partial charge in [-0.1, -0.05) is 35.9 Å². The lowest BCUT2D eigenvalue weighted by Crippen LogP contribution is -2.21. The number of aliphatic hydroxyl groups is 1. The van der Waals surface area contributed by atoms with Crippen LogP contribution in [-0.2, 0) is 4.79 Å². The van der Waals surface area contributed by atoms with E-state index in [1.54, 1.807) is 36.4 Å². The van der Waals surface area contributed by atoms with E-state index in [2.05, 4.69) is 15.3 Å². The van der Waals surface area contributed by atoms with E-state index in [4.69, 9.17) is 11.6 Å². The molecule has 6 nitrogen and oxygen atoms in total. The highest BCUT2D eigenvalue weighted by Gasteiger charge is 2.17. The Bertz CT molecular complexity index is 1070. The third kappa shape index (κ3) is 4.17. The molecule has 134 valence electrons. The summed E-state index contributed by atoms with van der Waals surface area (Å²) in [6.45, 7) is 1.32. The molecule has 0 aliphatic rings. The van der Waals surface area contributed by atoms with Crippen LogP contribution in [0.5, 0.6) is 0 Å². The van der Waals surface area contributed by atoms with Crippen molar-refractivity contribution in [1.29, 1.82) is 5.26 Å². The molecule has 27 heavy (non-hydrogen) atoms. The van der Waals surface area contributed by atoms with Crippen LogP contribution in [0, 0.1) is 11.3 Å². The van der Waals surface area contributed by atoms with Crippen LogP contribution in [0.2, 0.25) is 5.02 Å². The predicted molar refractivity (Wildman–Crippen MR) is 105 cm³/mol. The van der Waals surface area contributed by atoms with Gasteiger partial charge in [-0.3, -0.25) is 4.79 Å². The Hall–Kier alpha value is -3.56. The van der Waals surface area contributed by atoms with Crippen molar-refractivity contribution in [2.45, 2.75) is 6.92 Å². The molecule has 0 aliphatic carbocycles. The van der Waals surface area contributed by atoms with E-state index in [-0.39, 0.29) is 28.8 Å². The van der Waals surface area contributed by atoms with Gasteiger partial charge in [-0.2, -0.15) is 5.26 Å². The molecule has 0 atom stereocenters. The fourth-order valence-electron chi connectivity index (χ4n) is 2.50. The van der Waals surface area contributed by atoms with E-state index in [0.717, 1.165) is 5.52 Å². The maximum atomic E-state index is 11.6. The number of nitrogens with one attached hydrogen (secondary N) is 2. The monoisotopic (exact) mass is 378 g/mol. The first-order valence-electron chi connectivity index (χ1n) is 8.01. The van der Waals surface area contributed by atoms with E-state index >= 15 is 0 Å². The van der Waals surface area contributed by atoms with Gasteiger partial charge in [0, 0.05) is 11.9 Å². The number of allylic oxidation sites excluding steroid dienone is 1. The fourth-order valence-corrected chi connectivity index (χ4v) is 2.63. The topological polar surface area (TPSA) is 102 Å². The number of fused-ring (bicyclic) bond motifs is 1. The Balaban J connectivity index is 2.11. The van der Waals surface area contributed by atoms with Gasteiger partial charge in [0.25, 0.3) is 0 Å². The van der Waals surface area contributed by atoms with Crippen molar-refractivity contribution >= 4 is 40.2 Å². The number of aromatic amines is 1. The van der Waals surface area contributed by atoms with Gasteiger partial charge in [-0.05, 0) is 35.9 Å². The number of benzene rings is 2. The minimum absolute atomic E-state index is 0.0832. The standard InChI is InChI=1S/C20H15ClN4O2/c1-12(26)23-18(10-13-6-8-14(21)9-7-13)19(27)15(11-22)20-24-16-4-2-3-5-17(16)25-20/h2-10,27H,1H3,(H,23,26)(H,24,25)/b18-10-,19-15-. The Morgan fingerprint density at radius 3 is 2.59 bits per heavy atom. The van der Waals surface area contributed by atoms with Crippen molar-refractivity contribution in [1.82, 2.24) is 15.3 Å². The Labute approximate surface area is 160 Å². The third-order valence-electron chi connectivity index (χ3n) is 3.72. The Morgan fingerprint density at radius 2 is 1.96 bits per heavy atom. The van der Waals surface area contributed by atoms with Crippen LogP contribution in [0.1, 0.15) is 18.3 Å². The second-order valence-electron chi connectivity index (χ2n) is 5.73. The lowest BCUT2D eigenvalue weighted by Gasteiger charge is -2.09. The summed E-state index contributed by atoms with van der Waals surface area (Å²) in [6.07, 6.45) is 1.55. The molecule has 0 fully saturated rings. The number of hydrogen-bond acceptors (Lipinski definition) is 4. The van der Waals surface area contributed by atoms with Gasteiger partial charge in [0.15, 0.2) is 11.6 Å². The number of halogens is 1. The molecule has 0 saturated heterocycles. The summed E-state index contributed by atoms with van der Waals surface area (Å²) in [5, 5.41) is 23.4. The zero-order chi connectivity index (χ0) is 19.4. The van der Waals surface area contributed by atoms with Crippen molar-refractivity contribution < 1.29 is 9.90 Å². The van der Waals surface area contributed by atoms with Crippen LogP contribution in [0.3, 0.4) is 0 Å². The van der Waals surface area contributed by atoms with Gasteiger partial charge in [-0.15, -0.1) is 0 Å². The van der Waals surface area contributed by atoms with Crippen LogP contribution >= 0.6 is 11.6 Å². The van der Waals surface area contributed by atoms with Crippen molar-refractivity contribution in [3.05, 3.63) is 76.4 Å². The van der Waals surface area contributed by atoms with Gasteiger partial charge in [0.2, 0.25) is 5.91 Å². The normalized spacial score (nSPS) is 12.4. The number of nitriles is 1. The molecule has 0 radical (unpaired) electrons. The van der Waals surface area contributed by atoms with E-state index < -0.39 is 0 Å². The highest BCUT2D eigenvalue weighted by Crippen LogP contribution is 2.23. The van der Waals surface area contributed by atoms with E-state index in [9.17, 15) is 15.2 Å². The summed E-state index contributed by atoms with van der Waals surface area (Å²) >= 11 is 5.88. The molecule has 0 saturated carbocycles. The molecule has 7 heteroatoms. The fraction of sp³-hybridized carbons (Fsp3) is 0.0500. The molecule has 1 aromatic heterocycles. The van der Waals surface area contributed by atoms with Gasteiger partial charge >= 0.3 is 0 Å². The van der Waals surface area contributed by atoms with E-state index in [1.807, 2.05) is 24.3 Å². The van der Waals surface area contributed by atoms with Gasteiger partial charge in [-0.25, -0.2) is 4.98 Å². The van der Waals surface area contributed by atoms with Crippen molar-refractivity contribution in [3.8, 4) is 6.07 Å². The molecule has 0 aliphatic heterocycles. The second kappa shape index (κ2) is 7.77. The third-order valence-corrected chi connectivity index (χ3v) is 3.97. The number of hydrogen-bond donors (Lipinski definition) is 3. The number of aromatic nitrogens is 2. The summed E-state index contributed by atoms with van der Waals surface area (Å²) in [6, 6.07) is 16.0. The van der Waals surface area contributed by atoms with Crippen LogP contribution in [0.4, 0.5) is 0 Å². The molecule has 2 aromatic carbocycles. The highest BCUT2D eigenvalue weighted by molar-refractivity contribution is 6.30. The zero-order valence-electron chi connectivity index (χ0n) is 14.3. The van der Waals surface area contributed by atoms with Crippen LogP contribution in [-0.4, -0.2) is 21.0 Å². The number of para-hydroxylation sites is 2. The average molecular weight is 379 g/mol. The molecular formula is C20H15ClN4O2. The second-order valence-corrected chi connectivity index (χ2v) is 6.17. The first-order valence-corrected chi connectivity index (χ1v) is 8.39. The van der Waals surface area contributed by atoms with Crippen LogP contribution < -0.4 is 5.32 Å². The number of nitrogens with zero attached hydrogens (tertiary/aromatic N) is 2. The lowest BCUT2D eigenvalue weighted by molar-refractivity contribution is -0.118. The number of carbonyl (C=O) groups is 1. The minimum Gasteiger partial charge on any atom is -0.504 e. The molecule has 3 N–H and O–H groups in total. The van der Waals surface area contributed by atoms with Crippen LogP contribution in [0.25, 0.3) is 22.7 Å². The maximum Gasteiger partial charge on any atom is 0.221 e. The molecule has 0 bridgehead atoms. The summed E-state index contributed by atoms with van der Waals surface area (Å²) < 4.78 is 0. The lowest BCUT2D eigenvalue weighted by atomic mass is 10.1. The SMILES string of the molecule is CC(=O)NC(=C\c1ccc(Cl)cc1)/C(O)=C(\C#N)c1nc2ccccc2[nH]1. The summed E-state index contributed by atoms with van der Waals surface area (Å²) in [7, 11) is 0. The van der Waals surface area contributed by atoms with Gasteiger partial charge in [0.05, 0.1) is 16.7 Å². The van der Waals surface area contributed by atoms with Crippen molar-refractivity contribution in [3.63, 3.8) is 0 Å². The summed E-state index contributed by atoms with van der Waals surface area (Å²) in [5.41, 5.74) is 2.09. The molecule has 1 heterocycles. The molecule has 0 unspecified atom stereocenters. The first kappa shape index (κ1) is 18.2. The van der Waals surface area contributed by atoms with Gasteiger partial charge < -0.3 is 15.4 Å². The number of aliphatic hydroxyl groups excluding tert-OH is 1. The molecule has 0 spiro atoms. The Kier molecular flexibility index (Phi) is 5.25. The number of amides is 1. The predicted octanol–water partition coefficient (Wildman–Crippen LogP) is 4.19. The van der Waals surface area contributed by atoms with Crippen molar-refractivity contribution in [2.24, 2.45) is 0 Å². The molecule has 3 aromatic rings. The number of H-pyrrole nitrogens is 1. The minimum atomic E-state index is -0.387. The maximum absolute atomic E-state index is 11.6. The number of rotatable bonds is 4. The smallest absolute Gasteiger partial charge is 0.221 e. The molecule has 3 rings (SSSR count). The van der Waals surface area contributed by atoms with Crippen LogP contribution in [0.15, 0.2) is 60.0 Å². The molecule has 1 amide bonds. The highest BCUT2D eigenvalue weighted by atomic mass is 35.5. The largest absolute Gasteiger partial charge is 0.504 e. The quantitative estimate of drug-likeness (QED) is 0.360. The Morgan fingerprint density at radius 1 is 1.26 bits per heavy atom. The van der Waals surface area contributed by atoms with Crippen molar-refractivity contribution in [2.75, 3.05) is 0 Å². The first-order chi connectivity index (χ1) is 13.0. The number of imidazole rings is 1.